The van der Waals surface area contributed by atoms with E-state index in [1.807, 2.05) is 0 Å². The Morgan fingerprint density at radius 2 is 2.53 bits per heavy atom. The van der Waals surface area contributed by atoms with Crippen molar-refractivity contribution in [1.29, 1.82) is 0 Å². The van der Waals surface area contributed by atoms with Crippen molar-refractivity contribution in [3.63, 3.8) is 0 Å². The third-order valence-electron chi connectivity index (χ3n) is 2.78. The molecule has 0 unspecified atom stereocenters. The fraction of sp³-hybridized carbons (Fsp3) is 0.538. The largest absolute Gasteiger partial charge is 0.366 e. The number of hydrogen-bond acceptors (Lipinski definition) is 3. The fourth-order valence-corrected chi connectivity index (χ4v) is 2.11. The van der Waals surface area contributed by atoms with E-state index in [1.165, 1.54) is 4.68 Å². The molecule has 0 aromatic carbocycles. The van der Waals surface area contributed by atoms with Gasteiger partial charge in [0, 0.05) is 19.9 Å². The summed E-state index contributed by atoms with van der Waals surface area (Å²) in [5.74, 6) is 5.58. The number of aromatic nitrogens is 2. The number of carbonyl (C=O) groups is 1. The second-order valence-electron chi connectivity index (χ2n) is 4.36. The van der Waals surface area contributed by atoms with Crippen molar-refractivity contribution in [2.24, 2.45) is 7.05 Å². The van der Waals surface area contributed by atoms with Crippen molar-refractivity contribution in [2.45, 2.75) is 25.4 Å². The highest BCUT2D eigenvalue weighted by Gasteiger charge is 2.13. The summed E-state index contributed by atoms with van der Waals surface area (Å²) in [6, 6.07) is 0. The highest BCUT2D eigenvalue weighted by Crippen LogP contribution is 2.12. The van der Waals surface area contributed by atoms with Gasteiger partial charge in [0.1, 0.15) is 6.10 Å². The first-order valence-corrected chi connectivity index (χ1v) is 6.62. The van der Waals surface area contributed by atoms with Crippen LogP contribution in [-0.2, 0) is 11.8 Å². The van der Waals surface area contributed by atoms with Crippen LogP contribution in [0.25, 0.3) is 0 Å². The number of halogens is 1. The van der Waals surface area contributed by atoms with Crippen molar-refractivity contribution < 1.29 is 9.53 Å². The van der Waals surface area contributed by atoms with Gasteiger partial charge in [-0.15, -0.1) is 0 Å². The Labute approximate surface area is 117 Å². The molecule has 2 heterocycles. The lowest BCUT2D eigenvalue weighted by molar-refractivity contribution is 0.0525. The van der Waals surface area contributed by atoms with Crippen molar-refractivity contribution in [3.05, 3.63) is 16.9 Å². The number of aryl methyl sites for hydroxylation is 1. The molecule has 1 aromatic heterocycles. The number of nitrogens with zero attached hydrogens (tertiary/aromatic N) is 2. The van der Waals surface area contributed by atoms with Crippen LogP contribution in [0.3, 0.4) is 0 Å². The number of amides is 1. The molecule has 0 saturated carbocycles. The standard InChI is InChI=1S/C13H16ClN3O2/c1-17-9-11(14)12(16-17)13(18)15-7-4-6-10-5-2-3-8-19-10/h9-10H,2-3,5,7-8H2,1H3,(H,15,18)/t10-/m0/s1. The van der Waals surface area contributed by atoms with E-state index in [1.54, 1.807) is 13.2 Å². The molecule has 1 amide bonds. The van der Waals surface area contributed by atoms with E-state index in [0.29, 0.717) is 5.02 Å². The monoisotopic (exact) mass is 281 g/mol. The molecule has 0 aliphatic carbocycles. The first kappa shape index (κ1) is 13.9. The van der Waals surface area contributed by atoms with E-state index in [0.717, 1.165) is 25.9 Å². The summed E-state index contributed by atoms with van der Waals surface area (Å²) >= 11 is 5.87. The molecule has 0 radical (unpaired) electrons. The Morgan fingerprint density at radius 1 is 1.68 bits per heavy atom. The molecule has 1 saturated heterocycles. The lowest BCUT2D eigenvalue weighted by Gasteiger charge is -2.17. The summed E-state index contributed by atoms with van der Waals surface area (Å²) in [5, 5.41) is 6.98. The van der Waals surface area contributed by atoms with Gasteiger partial charge in [-0.05, 0) is 19.3 Å². The Kier molecular flexibility index (Phi) is 4.83. The predicted molar refractivity (Wildman–Crippen MR) is 71.9 cm³/mol. The zero-order valence-electron chi connectivity index (χ0n) is 10.8. The van der Waals surface area contributed by atoms with Gasteiger partial charge in [-0.25, -0.2) is 0 Å². The Hall–Kier alpha value is -1.51. The van der Waals surface area contributed by atoms with Gasteiger partial charge in [-0.3, -0.25) is 9.48 Å². The second-order valence-corrected chi connectivity index (χ2v) is 4.77. The number of ether oxygens (including phenoxy) is 1. The molecular weight excluding hydrogens is 266 g/mol. The van der Waals surface area contributed by atoms with Gasteiger partial charge in [0.2, 0.25) is 0 Å². The van der Waals surface area contributed by atoms with Crippen LogP contribution >= 0.6 is 11.6 Å². The Bertz CT molecular complexity index is 510. The minimum absolute atomic E-state index is 0.00379. The van der Waals surface area contributed by atoms with Crippen molar-refractivity contribution in [2.75, 3.05) is 13.2 Å². The maximum Gasteiger partial charge on any atom is 0.274 e. The normalized spacial score (nSPS) is 18.5. The average Bonchev–Trinajstić information content (AvgIpc) is 2.75. The molecule has 102 valence electrons. The summed E-state index contributed by atoms with van der Waals surface area (Å²) in [6.07, 6.45) is 4.80. The minimum atomic E-state index is -0.315. The number of nitrogens with one attached hydrogen (secondary N) is 1. The zero-order valence-corrected chi connectivity index (χ0v) is 11.5. The maximum atomic E-state index is 11.8. The summed E-state index contributed by atoms with van der Waals surface area (Å²) in [5.41, 5.74) is 0.222. The lowest BCUT2D eigenvalue weighted by Crippen LogP contribution is -2.25. The maximum absolute atomic E-state index is 11.8. The molecule has 0 bridgehead atoms. The number of hydrogen-bond donors (Lipinski definition) is 1. The SMILES string of the molecule is Cn1cc(Cl)c(C(=O)NCC#C[C@@H]2CCCCO2)n1. The fourth-order valence-electron chi connectivity index (χ4n) is 1.84. The molecule has 1 aliphatic rings. The van der Waals surface area contributed by atoms with E-state index >= 15 is 0 Å². The van der Waals surface area contributed by atoms with Crippen LogP contribution in [-0.4, -0.2) is 34.9 Å². The van der Waals surface area contributed by atoms with Crippen LogP contribution in [0.5, 0.6) is 0 Å². The molecule has 1 fully saturated rings. The molecule has 19 heavy (non-hydrogen) atoms. The first-order valence-electron chi connectivity index (χ1n) is 6.24. The molecule has 5 nitrogen and oxygen atoms in total. The van der Waals surface area contributed by atoms with Crippen LogP contribution in [0.1, 0.15) is 29.8 Å². The first-order chi connectivity index (χ1) is 9.16. The lowest BCUT2D eigenvalue weighted by atomic mass is 10.1. The molecule has 1 atom stereocenters. The van der Waals surface area contributed by atoms with Gasteiger partial charge in [0.15, 0.2) is 5.69 Å². The van der Waals surface area contributed by atoms with Crippen LogP contribution in [0.4, 0.5) is 0 Å². The average molecular weight is 282 g/mol. The van der Waals surface area contributed by atoms with Gasteiger partial charge in [-0.1, -0.05) is 23.4 Å². The van der Waals surface area contributed by atoms with E-state index in [9.17, 15) is 4.79 Å². The van der Waals surface area contributed by atoms with Gasteiger partial charge < -0.3 is 10.1 Å². The van der Waals surface area contributed by atoms with E-state index in [2.05, 4.69) is 22.3 Å². The topological polar surface area (TPSA) is 56.2 Å². The minimum Gasteiger partial charge on any atom is -0.366 e. The van der Waals surface area contributed by atoms with Crippen LogP contribution in [0.15, 0.2) is 6.20 Å². The van der Waals surface area contributed by atoms with Crippen LogP contribution in [0, 0.1) is 11.8 Å². The van der Waals surface area contributed by atoms with E-state index in [-0.39, 0.29) is 24.2 Å². The predicted octanol–water partition coefficient (Wildman–Crippen LogP) is 1.38. The zero-order chi connectivity index (χ0) is 13.7. The Morgan fingerprint density at radius 3 is 3.16 bits per heavy atom. The van der Waals surface area contributed by atoms with Gasteiger partial charge in [0.25, 0.3) is 5.91 Å². The molecular formula is C13H16ClN3O2. The van der Waals surface area contributed by atoms with Gasteiger partial charge in [0.05, 0.1) is 11.6 Å². The van der Waals surface area contributed by atoms with Crippen molar-refractivity contribution in [3.8, 4) is 11.8 Å². The second kappa shape index (κ2) is 6.60. The smallest absolute Gasteiger partial charge is 0.274 e. The summed E-state index contributed by atoms with van der Waals surface area (Å²) in [4.78, 5) is 11.8. The van der Waals surface area contributed by atoms with Gasteiger partial charge in [-0.2, -0.15) is 5.10 Å². The van der Waals surface area contributed by atoms with Gasteiger partial charge >= 0.3 is 0 Å². The summed E-state index contributed by atoms with van der Waals surface area (Å²) in [6.45, 7) is 1.04. The molecule has 0 spiro atoms. The summed E-state index contributed by atoms with van der Waals surface area (Å²) in [7, 11) is 1.71. The van der Waals surface area contributed by atoms with Crippen molar-refractivity contribution >= 4 is 17.5 Å². The molecule has 1 N–H and O–H groups in total. The Balaban J connectivity index is 1.81. The summed E-state index contributed by atoms with van der Waals surface area (Å²) < 4.78 is 6.97. The van der Waals surface area contributed by atoms with E-state index in [4.69, 9.17) is 16.3 Å². The number of carbonyl (C=O) groups excluding carboxylic acids is 1. The molecule has 2 rings (SSSR count). The highest BCUT2D eigenvalue weighted by atomic mass is 35.5. The number of rotatable bonds is 2. The van der Waals surface area contributed by atoms with E-state index < -0.39 is 0 Å². The highest BCUT2D eigenvalue weighted by molar-refractivity contribution is 6.33. The molecule has 1 aromatic rings. The molecule has 1 aliphatic heterocycles. The van der Waals surface area contributed by atoms with Crippen LogP contribution < -0.4 is 5.32 Å². The van der Waals surface area contributed by atoms with Crippen LogP contribution in [0.2, 0.25) is 5.02 Å². The quantitative estimate of drug-likeness (QED) is 0.833. The van der Waals surface area contributed by atoms with Crippen molar-refractivity contribution in [1.82, 2.24) is 15.1 Å². The molecule has 6 heteroatoms. The third kappa shape index (κ3) is 3.98. The third-order valence-corrected chi connectivity index (χ3v) is 3.06.